The Labute approximate surface area is 238 Å². The Bertz CT molecular complexity index is 802. The van der Waals surface area contributed by atoms with E-state index < -0.39 is 28.2 Å². The van der Waals surface area contributed by atoms with Gasteiger partial charge in [-0.3, -0.25) is 9.59 Å². The quantitative estimate of drug-likeness (QED) is 0.112. The minimum atomic E-state index is -2.27. The fraction of sp³-hybridized carbons (Fsp3) is 0.871. The molecule has 0 spiro atoms. The summed E-state index contributed by atoms with van der Waals surface area (Å²) in [6, 6.07) is 0. The molecule has 0 aliphatic carbocycles. The monoisotopic (exact) mass is 570 g/mol. The number of Topliss-reactive ketones (excluding diaryl/α,β-unsaturated/α-hetero) is 1. The summed E-state index contributed by atoms with van der Waals surface area (Å²) in [5.74, 6) is -0.411. The van der Waals surface area contributed by atoms with Crippen LogP contribution in [-0.2, 0) is 23.2 Å². The molecule has 0 aliphatic heterocycles. The molecule has 0 N–H and O–H groups in total. The molecular formula is C31H62O5Si2. The number of carbonyl (C=O) groups excluding carboxylic acids is 2. The van der Waals surface area contributed by atoms with Crippen molar-refractivity contribution in [2.24, 2.45) is 17.3 Å². The summed E-state index contributed by atoms with van der Waals surface area (Å²) in [6.45, 7) is 36.2. The normalized spacial score (nSPS) is 16.9. The second kappa shape index (κ2) is 13.7. The highest BCUT2D eigenvalue weighted by atomic mass is 28.4. The molecule has 0 aromatic rings. The third-order valence-electron chi connectivity index (χ3n) is 9.23. The largest absolute Gasteiger partial charge is 0.469 e. The van der Waals surface area contributed by atoms with Gasteiger partial charge in [0.25, 0.3) is 0 Å². The highest BCUT2D eigenvalue weighted by molar-refractivity contribution is 6.74. The third kappa shape index (κ3) is 10.3. The van der Waals surface area contributed by atoms with E-state index in [0.717, 1.165) is 19.3 Å². The molecule has 0 saturated carbocycles. The maximum atomic E-state index is 14.4. The molecule has 0 rings (SSSR count). The number of hydrogen-bond donors (Lipinski definition) is 0. The number of ether oxygens (including phenoxy) is 1. The van der Waals surface area contributed by atoms with Gasteiger partial charge in [-0.15, -0.1) is 6.58 Å². The molecule has 7 heteroatoms. The third-order valence-corrected chi connectivity index (χ3v) is 18.2. The van der Waals surface area contributed by atoms with E-state index in [0.29, 0.717) is 0 Å². The van der Waals surface area contributed by atoms with Gasteiger partial charge < -0.3 is 13.6 Å². The minimum absolute atomic E-state index is 0.0276. The topological polar surface area (TPSA) is 61.8 Å². The Morgan fingerprint density at radius 1 is 0.842 bits per heavy atom. The molecule has 38 heavy (non-hydrogen) atoms. The first kappa shape index (κ1) is 37.2. The van der Waals surface area contributed by atoms with Crippen LogP contribution >= 0.6 is 0 Å². The zero-order valence-electron chi connectivity index (χ0n) is 27.9. The first-order valence-electron chi connectivity index (χ1n) is 14.4. The summed E-state index contributed by atoms with van der Waals surface area (Å²) < 4.78 is 18.8. The molecule has 0 unspecified atom stereocenters. The number of rotatable bonds is 15. The van der Waals surface area contributed by atoms with E-state index in [2.05, 4.69) is 88.2 Å². The summed E-state index contributed by atoms with van der Waals surface area (Å²) in [5.41, 5.74) is 0.285. The van der Waals surface area contributed by atoms with Crippen molar-refractivity contribution in [1.82, 2.24) is 0 Å². The van der Waals surface area contributed by atoms with Gasteiger partial charge in [0.15, 0.2) is 16.6 Å². The zero-order valence-corrected chi connectivity index (χ0v) is 29.9. The maximum absolute atomic E-state index is 14.4. The molecule has 5 nitrogen and oxygen atoms in total. The van der Waals surface area contributed by atoms with Crippen LogP contribution in [0.2, 0.25) is 36.3 Å². The molecule has 0 aromatic carbocycles. The molecule has 0 bridgehead atoms. The average molecular weight is 571 g/mol. The number of allylic oxidation sites excluding steroid dienone is 1. The molecule has 0 amide bonds. The number of hydrogen-bond acceptors (Lipinski definition) is 5. The van der Waals surface area contributed by atoms with Crippen LogP contribution in [0.4, 0.5) is 0 Å². The summed E-state index contributed by atoms with van der Waals surface area (Å²) in [4.78, 5) is 26.9. The van der Waals surface area contributed by atoms with Crippen LogP contribution in [0.5, 0.6) is 0 Å². The van der Waals surface area contributed by atoms with Gasteiger partial charge in [-0.1, -0.05) is 74.8 Å². The van der Waals surface area contributed by atoms with Crippen LogP contribution in [0, 0.1) is 17.3 Å². The molecule has 224 valence electrons. The van der Waals surface area contributed by atoms with Gasteiger partial charge in [0, 0.05) is 11.3 Å². The van der Waals surface area contributed by atoms with Gasteiger partial charge in [0.1, 0.15) is 5.78 Å². The molecule has 0 aromatic heterocycles. The van der Waals surface area contributed by atoms with E-state index in [1.165, 1.54) is 12.7 Å². The van der Waals surface area contributed by atoms with Crippen LogP contribution in [-0.4, -0.2) is 47.7 Å². The molecule has 4 atom stereocenters. The number of ketones is 1. The van der Waals surface area contributed by atoms with Gasteiger partial charge in [-0.05, 0) is 68.4 Å². The Morgan fingerprint density at radius 3 is 1.68 bits per heavy atom. The van der Waals surface area contributed by atoms with Crippen molar-refractivity contribution in [3.8, 4) is 0 Å². The van der Waals surface area contributed by atoms with Crippen LogP contribution in [0.3, 0.4) is 0 Å². The molecular weight excluding hydrogens is 509 g/mol. The lowest BCUT2D eigenvalue weighted by Crippen LogP contribution is -2.54. The Balaban J connectivity index is 6.40. The summed E-state index contributed by atoms with van der Waals surface area (Å²) >= 11 is 0. The Morgan fingerprint density at radius 2 is 1.29 bits per heavy atom. The Kier molecular flexibility index (Phi) is 13.5. The predicted octanol–water partition coefficient (Wildman–Crippen LogP) is 8.94. The standard InChI is InChI=1S/C31H62O5Si2/c1-22(2)19-18-20-23(3)27(36-38(16,17)30(8,9)10)24(4)28(33)31(11,12)25(21-26(32)34-13)35-37(14,15)29(5,6)7/h23-25,27H,1,18-21H2,2-17H3/t23-,24+,25-,27-/m0/s1. The van der Waals surface area contributed by atoms with Crippen molar-refractivity contribution >= 4 is 28.4 Å². The second-order valence-electron chi connectivity index (χ2n) is 15.2. The number of esters is 1. The van der Waals surface area contributed by atoms with Gasteiger partial charge in [-0.2, -0.15) is 0 Å². The summed E-state index contributed by atoms with van der Waals surface area (Å²) in [7, 11) is -3.03. The summed E-state index contributed by atoms with van der Waals surface area (Å²) in [5, 5.41) is -0.0300. The van der Waals surface area contributed by atoms with Crippen LogP contribution in [0.25, 0.3) is 0 Å². The van der Waals surface area contributed by atoms with E-state index in [4.69, 9.17) is 13.6 Å². The van der Waals surface area contributed by atoms with E-state index in [-0.39, 0.29) is 46.2 Å². The van der Waals surface area contributed by atoms with E-state index in [1.54, 1.807) is 0 Å². The molecule has 0 radical (unpaired) electrons. The van der Waals surface area contributed by atoms with Crippen molar-refractivity contribution in [3.63, 3.8) is 0 Å². The van der Waals surface area contributed by atoms with Gasteiger partial charge >= 0.3 is 5.97 Å². The highest BCUT2D eigenvalue weighted by Crippen LogP contribution is 2.44. The lowest BCUT2D eigenvalue weighted by Gasteiger charge is -2.46. The van der Waals surface area contributed by atoms with Crippen LogP contribution in [0.1, 0.15) is 102 Å². The first-order valence-corrected chi connectivity index (χ1v) is 20.2. The SMILES string of the molecule is C=C(C)CCC[C@H](C)[C@H](O[Si](C)(C)C(C)(C)C)[C@@H](C)C(=O)C(C)(C)[C@H](CC(=O)OC)O[Si](C)(C)C(C)(C)C. The lowest BCUT2D eigenvalue weighted by molar-refractivity contribution is -0.148. The molecule has 0 aliphatic rings. The van der Waals surface area contributed by atoms with Crippen molar-refractivity contribution in [1.29, 1.82) is 0 Å². The van der Waals surface area contributed by atoms with Gasteiger partial charge in [0.2, 0.25) is 0 Å². The van der Waals surface area contributed by atoms with Gasteiger partial charge in [0.05, 0.1) is 25.7 Å². The van der Waals surface area contributed by atoms with Crippen LogP contribution in [0.15, 0.2) is 12.2 Å². The Hall–Kier alpha value is -0.766. The molecule has 0 fully saturated rings. The van der Waals surface area contributed by atoms with E-state index in [9.17, 15) is 9.59 Å². The fourth-order valence-corrected chi connectivity index (χ4v) is 7.14. The van der Waals surface area contributed by atoms with Gasteiger partial charge in [-0.25, -0.2) is 0 Å². The maximum Gasteiger partial charge on any atom is 0.308 e. The smallest absolute Gasteiger partial charge is 0.308 e. The lowest BCUT2D eigenvalue weighted by atomic mass is 9.73. The predicted molar refractivity (Wildman–Crippen MR) is 167 cm³/mol. The van der Waals surface area contributed by atoms with E-state index >= 15 is 0 Å². The fourth-order valence-electron chi connectivity index (χ4n) is 4.22. The number of methoxy groups -OCH3 is 1. The first-order chi connectivity index (χ1) is 16.8. The summed E-state index contributed by atoms with van der Waals surface area (Å²) in [6.07, 6.45) is 2.24. The van der Waals surface area contributed by atoms with Crippen molar-refractivity contribution in [3.05, 3.63) is 12.2 Å². The molecule has 0 heterocycles. The minimum Gasteiger partial charge on any atom is -0.469 e. The van der Waals surface area contributed by atoms with Crippen molar-refractivity contribution < 1.29 is 23.2 Å². The highest BCUT2D eigenvalue weighted by Gasteiger charge is 2.49. The van der Waals surface area contributed by atoms with Crippen molar-refractivity contribution in [2.45, 2.75) is 150 Å². The molecule has 0 saturated heterocycles. The average Bonchev–Trinajstić information content (AvgIpc) is 2.73. The van der Waals surface area contributed by atoms with Crippen molar-refractivity contribution in [2.75, 3.05) is 7.11 Å². The number of carbonyl (C=O) groups is 2. The van der Waals surface area contributed by atoms with E-state index in [1.807, 2.05) is 20.8 Å². The zero-order chi connectivity index (χ0) is 30.5. The second-order valence-corrected chi connectivity index (χ2v) is 24.7. The van der Waals surface area contributed by atoms with Crippen LogP contribution < -0.4 is 0 Å².